The van der Waals surface area contributed by atoms with Crippen molar-refractivity contribution in [2.45, 2.75) is 13.2 Å². The van der Waals surface area contributed by atoms with E-state index in [0.29, 0.717) is 23.2 Å². The Morgan fingerprint density at radius 1 is 1.05 bits per heavy atom. The molecule has 2 rings (SSSR count). The first-order chi connectivity index (χ1) is 10.2. The maximum atomic E-state index is 8.70. The molecule has 0 saturated carbocycles. The number of ether oxygens (including phenoxy) is 1. The Hall–Kier alpha value is -0.970. The van der Waals surface area contributed by atoms with Gasteiger partial charge in [-0.25, -0.2) is 0 Å². The third-order valence-electron chi connectivity index (χ3n) is 2.95. The van der Waals surface area contributed by atoms with Crippen molar-refractivity contribution in [3.63, 3.8) is 0 Å². The lowest BCUT2D eigenvalue weighted by Crippen LogP contribution is -3.00. The van der Waals surface area contributed by atoms with Crippen LogP contribution in [0.15, 0.2) is 42.5 Å². The molecule has 0 atom stereocenters. The average Bonchev–Trinajstić information content (AvgIpc) is 2.48. The second-order valence-electron chi connectivity index (χ2n) is 4.57. The van der Waals surface area contributed by atoms with E-state index in [9.17, 15) is 0 Å². The van der Waals surface area contributed by atoms with E-state index in [2.05, 4.69) is 5.32 Å². The standard InChI is InChI=1S/C16H17Cl2NO2.ClH/c17-14-4-3-13(16(18)9-14)11-21-15-5-1-12(2-6-15)10-19-7-8-20;/h1-6,9,19-20H,7-8,10-11H2;1H/p-1. The summed E-state index contributed by atoms with van der Waals surface area (Å²) in [6.07, 6.45) is 0. The monoisotopic (exact) mass is 360 g/mol. The molecule has 0 bridgehead atoms. The minimum Gasteiger partial charge on any atom is -1.00 e. The van der Waals surface area contributed by atoms with Gasteiger partial charge in [-0.2, -0.15) is 0 Å². The van der Waals surface area contributed by atoms with Gasteiger partial charge >= 0.3 is 0 Å². The van der Waals surface area contributed by atoms with Crippen LogP contribution < -0.4 is 22.5 Å². The predicted molar refractivity (Wildman–Crippen MR) is 86.0 cm³/mol. The first kappa shape index (κ1) is 19.1. The summed E-state index contributed by atoms with van der Waals surface area (Å²) in [6, 6.07) is 13.2. The summed E-state index contributed by atoms with van der Waals surface area (Å²) in [7, 11) is 0. The van der Waals surface area contributed by atoms with Crippen molar-refractivity contribution in [3.05, 3.63) is 63.6 Å². The highest BCUT2D eigenvalue weighted by Gasteiger charge is 2.02. The van der Waals surface area contributed by atoms with Crippen molar-refractivity contribution in [2.24, 2.45) is 0 Å². The minimum atomic E-state index is 0. The topological polar surface area (TPSA) is 41.5 Å². The molecule has 0 fully saturated rings. The molecule has 22 heavy (non-hydrogen) atoms. The van der Waals surface area contributed by atoms with Crippen LogP contribution in [0.1, 0.15) is 11.1 Å². The van der Waals surface area contributed by atoms with Crippen LogP contribution >= 0.6 is 23.2 Å². The zero-order valence-electron chi connectivity index (χ0n) is 11.9. The van der Waals surface area contributed by atoms with Crippen LogP contribution in [0.5, 0.6) is 5.75 Å². The number of aliphatic hydroxyl groups excluding tert-OH is 1. The molecule has 2 aromatic carbocycles. The minimum absolute atomic E-state index is 0. The molecule has 0 saturated heterocycles. The fourth-order valence-corrected chi connectivity index (χ4v) is 2.28. The number of hydrogen-bond donors (Lipinski definition) is 2. The largest absolute Gasteiger partial charge is 1.00 e. The SMILES string of the molecule is OCCNCc1ccc(OCc2ccc(Cl)cc2Cl)cc1.[Cl-]. The maximum Gasteiger partial charge on any atom is 0.119 e. The van der Waals surface area contributed by atoms with Crippen molar-refractivity contribution in [3.8, 4) is 5.75 Å². The number of halogens is 3. The number of aliphatic hydroxyl groups is 1. The number of rotatable bonds is 7. The first-order valence-corrected chi connectivity index (χ1v) is 7.42. The molecule has 2 N–H and O–H groups in total. The van der Waals surface area contributed by atoms with Gasteiger partial charge < -0.3 is 27.6 Å². The van der Waals surface area contributed by atoms with E-state index in [4.69, 9.17) is 33.0 Å². The molecule has 0 aliphatic rings. The number of benzene rings is 2. The summed E-state index contributed by atoms with van der Waals surface area (Å²) in [5.41, 5.74) is 2.04. The van der Waals surface area contributed by atoms with E-state index >= 15 is 0 Å². The number of hydrogen-bond acceptors (Lipinski definition) is 3. The molecule has 0 amide bonds. The highest BCUT2D eigenvalue weighted by molar-refractivity contribution is 6.35. The lowest BCUT2D eigenvalue weighted by Gasteiger charge is -2.09. The van der Waals surface area contributed by atoms with Gasteiger partial charge in [0.2, 0.25) is 0 Å². The Kier molecular flexibility index (Phi) is 8.61. The normalized spacial score (nSPS) is 10.1. The van der Waals surface area contributed by atoms with E-state index in [0.717, 1.165) is 23.4 Å². The van der Waals surface area contributed by atoms with Crippen LogP contribution in [0.2, 0.25) is 10.0 Å². The zero-order chi connectivity index (χ0) is 15.1. The van der Waals surface area contributed by atoms with Crippen molar-refractivity contribution in [1.29, 1.82) is 0 Å². The predicted octanol–water partition coefficient (Wildman–Crippen LogP) is 0.658. The third kappa shape index (κ3) is 6.03. The molecule has 0 aliphatic heterocycles. The van der Waals surface area contributed by atoms with Gasteiger partial charge in [0.1, 0.15) is 12.4 Å². The van der Waals surface area contributed by atoms with Gasteiger partial charge in [-0.05, 0) is 29.8 Å². The lowest BCUT2D eigenvalue weighted by molar-refractivity contribution is -0.00000553. The molecular weight excluding hydrogens is 345 g/mol. The summed E-state index contributed by atoms with van der Waals surface area (Å²) in [6.45, 7) is 1.86. The Bertz CT molecular complexity index is 576. The summed E-state index contributed by atoms with van der Waals surface area (Å²) in [4.78, 5) is 0. The molecule has 0 radical (unpaired) electrons. The van der Waals surface area contributed by atoms with Gasteiger partial charge in [-0.15, -0.1) is 0 Å². The van der Waals surface area contributed by atoms with Crippen LogP contribution in [0.3, 0.4) is 0 Å². The summed E-state index contributed by atoms with van der Waals surface area (Å²) in [5.74, 6) is 0.784. The van der Waals surface area contributed by atoms with Gasteiger partial charge in [0.15, 0.2) is 0 Å². The van der Waals surface area contributed by atoms with Crippen molar-refractivity contribution >= 4 is 23.2 Å². The molecular formula is C16H17Cl3NO2-. The van der Waals surface area contributed by atoms with Crippen LogP contribution in [0.4, 0.5) is 0 Å². The average molecular weight is 362 g/mol. The summed E-state index contributed by atoms with van der Waals surface area (Å²) < 4.78 is 5.71. The van der Waals surface area contributed by atoms with Gasteiger partial charge in [0, 0.05) is 28.7 Å². The van der Waals surface area contributed by atoms with Gasteiger partial charge in [-0.1, -0.05) is 41.4 Å². The Labute approximate surface area is 146 Å². The smallest absolute Gasteiger partial charge is 0.119 e. The molecule has 0 unspecified atom stereocenters. The van der Waals surface area contributed by atoms with E-state index in [1.54, 1.807) is 12.1 Å². The molecule has 0 aromatic heterocycles. The fraction of sp³-hybridized carbons (Fsp3) is 0.250. The Morgan fingerprint density at radius 2 is 1.77 bits per heavy atom. The molecule has 2 aromatic rings. The van der Waals surface area contributed by atoms with Crippen molar-refractivity contribution in [1.82, 2.24) is 5.32 Å². The lowest BCUT2D eigenvalue weighted by atomic mass is 10.2. The van der Waals surface area contributed by atoms with E-state index in [-0.39, 0.29) is 19.0 Å². The van der Waals surface area contributed by atoms with Gasteiger partial charge in [-0.3, -0.25) is 0 Å². The number of nitrogens with one attached hydrogen (secondary N) is 1. The molecule has 120 valence electrons. The third-order valence-corrected chi connectivity index (χ3v) is 3.54. The molecule has 0 aliphatic carbocycles. The van der Waals surface area contributed by atoms with Crippen LogP contribution in [0.25, 0.3) is 0 Å². The molecule has 0 heterocycles. The quantitative estimate of drug-likeness (QED) is 0.712. The van der Waals surface area contributed by atoms with E-state index in [1.807, 2.05) is 30.3 Å². The molecule has 6 heteroatoms. The maximum absolute atomic E-state index is 8.70. The second-order valence-corrected chi connectivity index (χ2v) is 5.41. The van der Waals surface area contributed by atoms with Gasteiger partial charge in [0.25, 0.3) is 0 Å². The van der Waals surface area contributed by atoms with Gasteiger partial charge in [0.05, 0.1) is 6.61 Å². The zero-order valence-corrected chi connectivity index (χ0v) is 14.1. The first-order valence-electron chi connectivity index (χ1n) is 6.66. The van der Waals surface area contributed by atoms with E-state index < -0.39 is 0 Å². The highest BCUT2D eigenvalue weighted by atomic mass is 35.5. The molecule has 3 nitrogen and oxygen atoms in total. The summed E-state index contributed by atoms with van der Waals surface area (Å²) >= 11 is 12.0. The summed E-state index contributed by atoms with van der Waals surface area (Å²) in [5, 5.41) is 13.0. The van der Waals surface area contributed by atoms with E-state index in [1.165, 1.54) is 0 Å². The Morgan fingerprint density at radius 3 is 2.41 bits per heavy atom. The van der Waals surface area contributed by atoms with Crippen LogP contribution in [-0.4, -0.2) is 18.3 Å². The van der Waals surface area contributed by atoms with Crippen LogP contribution in [-0.2, 0) is 13.2 Å². The van der Waals surface area contributed by atoms with Crippen LogP contribution in [0, 0.1) is 0 Å². The van der Waals surface area contributed by atoms with Crippen molar-refractivity contribution in [2.75, 3.05) is 13.2 Å². The molecule has 0 spiro atoms. The Balaban J connectivity index is 0.00000242. The second kappa shape index (κ2) is 9.93. The highest BCUT2D eigenvalue weighted by Crippen LogP contribution is 2.22. The fourth-order valence-electron chi connectivity index (χ4n) is 1.82. The van der Waals surface area contributed by atoms with Crippen molar-refractivity contribution < 1.29 is 22.3 Å².